The maximum atomic E-state index is 13.3. The molecule has 0 fully saturated rings. The molecule has 2 amide bonds. The lowest BCUT2D eigenvalue weighted by Gasteiger charge is -2.34. The van der Waals surface area contributed by atoms with E-state index in [4.69, 9.17) is 9.47 Å². The van der Waals surface area contributed by atoms with Crippen LogP contribution in [-0.4, -0.2) is 39.5 Å². The molecule has 0 aliphatic carbocycles. The van der Waals surface area contributed by atoms with E-state index in [1.165, 1.54) is 29.2 Å². The van der Waals surface area contributed by atoms with E-state index in [9.17, 15) is 18.0 Å². The lowest BCUT2D eigenvalue weighted by atomic mass is 10.1. The number of rotatable bonds is 9. The first kappa shape index (κ1) is 27.7. The van der Waals surface area contributed by atoms with Crippen molar-refractivity contribution in [2.45, 2.75) is 24.5 Å². The molecule has 1 aliphatic rings. The second-order valence-corrected chi connectivity index (χ2v) is 11.1. The van der Waals surface area contributed by atoms with E-state index < -0.39 is 16.1 Å². The maximum Gasteiger partial charge on any atom is 0.265 e. The van der Waals surface area contributed by atoms with Crippen molar-refractivity contribution in [1.82, 2.24) is 5.32 Å². The molecule has 4 aromatic carbocycles. The van der Waals surface area contributed by atoms with Gasteiger partial charge in [0.15, 0.2) is 12.7 Å². The lowest BCUT2D eigenvalue weighted by molar-refractivity contribution is -0.128. The molecule has 0 saturated heterocycles. The van der Waals surface area contributed by atoms with Crippen molar-refractivity contribution >= 4 is 33.2 Å². The van der Waals surface area contributed by atoms with E-state index in [1.807, 2.05) is 49.4 Å². The molecule has 210 valence electrons. The first-order chi connectivity index (χ1) is 19.8. The number of ether oxygens (including phenoxy) is 2. The Hall–Kier alpha value is -4.83. The third-order valence-corrected chi connectivity index (χ3v) is 7.94. The van der Waals surface area contributed by atoms with Crippen LogP contribution in [-0.2, 0) is 26.2 Å². The summed E-state index contributed by atoms with van der Waals surface area (Å²) in [5.74, 6) is 0.0345. The smallest absolute Gasteiger partial charge is 0.265 e. The minimum Gasteiger partial charge on any atom is -0.484 e. The second-order valence-electron chi connectivity index (χ2n) is 9.46. The van der Waals surface area contributed by atoms with Gasteiger partial charge < -0.3 is 19.7 Å². The molecule has 1 aliphatic heterocycles. The Morgan fingerprint density at radius 2 is 1.59 bits per heavy atom. The van der Waals surface area contributed by atoms with Gasteiger partial charge in [-0.1, -0.05) is 60.7 Å². The Morgan fingerprint density at radius 3 is 2.34 bits per heavy atom. The molecule has 1 heterocycles. The van der Waals surface area contributed by atoms with E-state index in [0.29, 0.717) is 29.4 Å². The van der Waals surface area contributed by atoms with Gasteiger partial charge >= 0.3 is 0 Å². The number of hydrogen-bond acceptors (Lipinski definition) is 6. The summed E-state index contributed by atoms with van der Waals surface area (Å²) in [6.07, 6.45) is -0.900. The van der Waals surface area contributed by atoms with Crippen molar-refractivity contribution in [2.24, 2.45) is 0 Å². The third-order valence-electron chi connectivity index (χ3n) is 6.56. The van der Waals surface area contributed by atoms with Crippen LogP contribution < -0.4 is 24.4 Å². The van der Waals surface area contributed by atoms with Crippen LogP contribution in [0.2, 0.25) is 0 Å². The number of para-hydroxylation sites is 3. The Balaban J connectivity index is 1.22. The van der Waals surface area contributed by atoms with Gasteiger partial charge in [-0.3, -0.25) is 14.3 Å². The molecule has 0 saturated carbocycles. The SMILES string of the molecule is Cc1ccccc1NS(=O)(=O)c1ccc(OCC(=O)N2CC(C(=O)NCc3ccccc3)Oc3ccccc32)cc1. The predicted molar refractivity (Wildman–Crippen MR) is 155 cm³/mol. The number of carbonyl (C=O) groups is 2. The van der Waals surface area contributed by atoms with Gasteiger partial charge in [0.1, 0.15) is 11.5 Å². The molecule has 0 spiro atoms. The molecule has 4 aromatic rings. The van der Waals surface area contributed by atoms with Gasteiger partial charge in [-0.05, 0) is 60.5 Å². The highest BCUT2D eigenvalue weighted by Gasteiger charge is 2.33. The second kappa shape index (κ2) is 12.1. The zero-order valence-electron chi connectivity index (χ0n) is 22.3. The molecule has 0 aromatic heterocycles. The van der Waals surface area contributed by atoms with Crippen LogP contribution in [0.15, 0.2) is 108 Å². The molecule has 1 atom stereocenters. The molecule has 0 bridgehead atoms. The van der Waals surface area contributed by atoms with Crippen molar-refractivity contribution in [3.05, 3.63) is 114 Å². The van der Waals surface area contributed by atoms with Gasteiger partial charge in [0.2, 0.25) is 0 Å². The van der Waals surface area contributed by atoms with Crippen LogP contribution in [0.5, 0.6) is 11.5 Å². The molecule has 41 heavy (non-hydrogen) atoms. The summed E-state index contributed by atoms with van der Waals surface area (Å²) in [4.78, 5) is 27.7. The fraction of sp³-hybridized carbons (Fsp3) is 0.161. The number of benzene rings is 4. The van der Waals surface area contributed by atoms with Gasteiger partial charge in [0.25, 0.3) is 21.8 Å². The summed E-state index contributed by atoms with van der Waals surface area (Å²) in [6.45, 7) is 1.85. The quantitative estimate of drug-likeness (QED) is 0.310. The minimum atomic E-state index is -3.80. The number of sulfonamides is 1. The predicted octanol–water partition coefficient (Wildman–Crippen LogP) is 4.29. The summed E-state index contributed by atoms with van der Waals surface area (Å²) < 4.78 is 39.8. The zero-order valence-corrected chi connectivity index (χ0v) is 23.1. The fourth-order valence-electron chi connectivity index (χ4n) is 4.34. The van der Waals surface area contributed by atoms with E-state index in [1.54, 1.807) is 36.4 Å². The number of aryl methyl sites for hydroxylation is 1. The van der Waals surface area contributed by atoms with E-state index in [-0.39, 0.29) is 29.9 Å². The summed E-state index contributed by atoms with van der Waals surface area (Å²) in [5, 5.41) is 2.87. The Morgan fingerprint density at radius 1 is 0.902 bits per heavy atom. The number of fused-ring (bicyclic) bond motifs is 1. The summed E-state index contributed by atoms with van der Waals surface area (Å²) in [7, 11) is -3.80. The highest BCUT2D eigenvalue weighted by atomic mass is 32.2. The van der Waals surface area contributed by atoms with E-state index in [2.05, 4.69) is 10.0 Å². The Labute approximate surface area is 238 Å². The monoisotopic (exact) mass is 571 g/mol. The van der Waals surface area contributed by atoms with Crippen LogP contribution in [0.25, 0.3) is 0 Å². The number of anilines is 2. The first-order valence-corrected chi connectivity index (χ1v) is 14.5. The number of nitrogens with zero attached hydrogens (tertiary/aromatic N) is 1. The third kappa shape index (κ3) is 6.67. The standard InChI is InChI=1S/C31H29N3O6S/c1-22-9-5-6-12-26(22)33-41(37,38)25-17-15-24(16-18-25)39-21-30(35)34-20-29(40-28-14-8-7-13-27(28)34)31(36)32-19-23-10-3-2-4-11-23/h2-18,29,33H,19-21H2,1H3,(H,32,36). The molecule has 5 rings (SSSR count). The van der Waals surface area contributed by atoms with Crippen LogP contribution in [0.1, 0.15) is 11.1 Å². The van der Waals surface area contributed by atoms with E-state index >= 15 is 0 Å². The van der Waals surface area contributed by atoms with Gasteiger partial charge in [-0.2, -0.15) is 0 Å². The van der Waals surface area contributed by atoms with Crippen molar-refractivity contribution in [2.75, 3.05) is 22.8 Å². The molecule has 10 heteroatoms. The molecule has 9 nitrogen and oxygen atoms in total. The number of hydrogen-bond donors (Lipinski definition) is 2. The number of carbonyl (C=O) groups excluding carboxylic acids is 2. The van der Waals surface area contributed by atoms with Crippen LogP contribution >= 0.6 is 0 Å². The number of nitrogens with one attached hydrogen (secondary N) is 2. The maximum absolute atomic E-state index is 13.3. The van der Waals surface area contributed by atoms with Crippen molar-refractivity contribution in [3.8, 4) is 11.5 Å². The first-order valence-electron chi connectivity index (χ1n) is 13.0. The number of amides is 2. The molecular weight excluding hydrogens is 542 g/mol. The van der Waals surface area contributed by atoms with Gasteiger partial charge in [0, 0.05) is 6.54 Å². The fourth-order valence-corrected chi connectivity index (χ4v) is 5.47. The molecular formula is C31H29N3O6S. The molecule has 1 unspecified atom stereocenters. The molecule has 0 radical (unpaired) electrons. The van der Waals surface area contributed by atoms with E-state index in [0.717, 1.165) is 11.1 Å². The molecule has 2 N–H and O–H groups in total. The summed E-state index contributed by atoms with van der Waals surface area (Å²) in [5.41, 5.74) is 2.78. The van der Waals surface area contributed by atoms with Crippen LogP contribution in [0.4, 0.5) is 11.4 Å². The van der Waals surface area contributed by atoms with Gasteiger partial charge in [0.05, 0.1) is 22.8 Å². The average molecular weight is 572 g/mol. The lowest BCUT2D eigenvalue weighted by Crippen LogP contribution is -2.51. The largest absolute Gasteiger partial charge is 0.484 e. The topological polar surface area (TPSA) is 114 Å². The highest BCUT2D eigenvalue weighted by Crippen LogP contribution is 2.33. The summed E-state index contributed by atoms with van der Waals surface area (Å²) in [6, 6.07) is 29.4. The van der Waals surface area contributed by atoms with Crippen molar-refractivity contribution in [1.29, 1.82) is 0 Å². The van der Waals surface area contributed by atoms with Crippen LogP contribution in [0.3, 0.4) is 0 Å². The Bertz CT molecular complexity index is 1640. The van der Waals surface area contributed by atoms with Crippen molar-refractivity contribution in [3.63, 3.8) is 0 Å². The normalized spacial score (nSPS) is 14.4. The summed E-state index contributed by atoms with van der Waals surface area (Å²) >= 11 is 0. The highest BCUT2D eigenvalue weighted by molar-refractivity contribution is 7.92. The average Bonchev–Trinajstić information content (AvgIpc) is 3.00. The van der Waals surface area contributed by atoms with Gasteiger partial charge in [-0.15, -0.1) is 0 Å². The van der Waals surface area contributed by atoms with Crippen molar-refractivity contribution < 1.29 is 27.5 Å². The Kier molecular flexibility index (Phi) is 8.21. The minimum absolute atomic E-state index is 0.0155. The van der Waals surface area contributed by atoms with Gasteiger partial charge in [-0.25, -0.2) is 8.42 Å². The van der Waals surface area contributed by atoms with Crippen LogP contribution in [0, 0.1) is 6.92 Å². The zero-order chi connectivity index (χ0) is 28.8.